The lowest BCUT2D eigenvalue weighted by Crippen LogP contribution is -2.31. The van der Waals surface area contributed by atoms with Crippen molar-refractivity contribution in [2.45, 2.75) is 12.5 Å². The maximum atomic E-state index is 13.1. The van der Waals surface area contributed by atoms with Crippen LogP contribution in [0.2, 0.25) is 0 Å². The number of benzene rings is 3. The fourth-order valence-electron chi connectivity index (χ4n) is 3.87. The van der Waals surface area contributed by atoms with Crippen molar-refractivity contribution in [1.29, 1.82) is 0 Å². The van der Waals surface area contributed by atoms with Crippen molar-refractivity contribution in [3.8, 4) is 11.5 Å². The zero-order valence-electron chi connectivity index (χ0n) is 19.6. The first-order valence-corrected chi connectivity index (χ1v) is 11.0. The molecule has 0 N–H and O–H groups in total. The summed E-state index contributed by atoms with van der Waals surface area (Å²) in [6, 6.07) is 20.1. The van der Waals surface area contributed by atoms with Crippen molar-refractivity contribution in [3.63, 3.8) is 0 Å². The van der Waals surface area contributed by atoms with E-state index in [4.69, 9.17) is 14.2 Å². The Morgan fingerprint density at radius 3 is 2.39 bits per heavy atom. The maximum Gasteiger partial charge on any atom is 0.338 e. The second kappa shape index (κ2) is 10.7. The van der Waals surface area contributed by atoms with Crippen molar-refractivity contribution < 1.29 is 28.7 Å². The van der Waals surface area contributed by atoms with Crippen molar-refractivity contribution in [2.75, 3.05) is 20.8 Å². The summed E-state index contributed by atoms with van der Waals surface area (Å²) in [4.78, 5) is 36.3. The molecule has 0 bridgehead atoms. The van der Waals surface area contributed by atoms with E-state index in [2.05, 4.69) is 5.10 Å². The zero-order chi connectivity index (χ0) is 25.7. The van der Waals surface area contributed by atoms with Crippen LogP contribution < -0.4 is 9.47 Å². The van der Waals surface area contributed by atoms with Crippen LogP contribution in [0.5, 0.6) is 11.5 Å². The van der Waals surface area contributed by atoms with E-state index in [1.165, 1.54) is 24.3 Å². The molecule has 3 aromatic carbocycles. The van der Waals surface area contributed by atoms with Gasteiger partial charge in [0.2, 0.25) is 0 Å². The summed E-state index contributed by atoms with van der Waals surface area (Å²) < 4.78 is 15.4. The number of amides is 1. The molecule has 36 heavy (non-hydrogen) atoms. The highest BCUT2D eigenvalue weighted by atomic mass is 16.6. The molecular formula is C26H23N3O7. The van der Waals surface area contributed by atoms with Crippen LogP contribution in [0.15, 0.2) is 77.9 Å². The summed E-state index contributed by atoms with van der Waals surface area (Å²) >= 11 is 0. The van der Waals surface area contributed by atoms with Gasteiger partial charge in [0.15, 0.2) is 12.4 Å². The lowest BCUT2D eigenvalue weighted by molar-refractivity contribution is -0.385. The lowest BCUT2D eigenvalue weighted by atomic mass is 9.98. The summed E-state index contributed by atoms with van der Waals surface area (Å²) in [5, 5.41) is 17.1. The monoisotopic (exact) mass is 489 g/mol. The van der Waals surface area contributed by atoms with E-state index in [1.54, 1.807) is 19.2 Å². The Labute approximate surface area is 206 Å². The number of hydrogen-bond donors (Lipinski definition) is 0. The molecule has 3 aromatic rings. The van der Waals surface area contributed by atoms with Crippen LogP contribution in [0.25, 0.3) is 0 Å². The van der Waals surface area contributed by atoms with E-state index in [9.17, 15) is 19.7 Å². The van der Waals surface area contributed by atoms with Crippen LogP contribution in [0.3, 0.4) is 0 Å². The third-order valence-electron chi connectivity index (χ3n) is 5.71. The molecule has 4 rings (SSSR count). The molecule has 0 aromatic heterocycles. The number of rotatable bonds is 8. The molecule has 1 heterocycles. The van der Waals surface area contributed by atoms with Crippen LogP contribution >= 0.6 is 0 Å². The van der Waals surface area contributed by atoms with Crippen LogP contribution in [0, 0.1) is 10.1 Å². The summed E-state index contributed by atoms with van der Waals surface area (Å²) in [5.74, 6) is -0.712. The Morgan fingerprint density at radius 2 is 1.75 bits per heavy atom. The van der Waals surface area contributed by atoms with Gasteiger partial charge in [-0.15, -0.1) is 0 Å². The number of methoxy groups -OCH3 is 2. The number of carbonyl (C=O) groups excluding carboxylic acids is 2. The number of hydrazone groups is 1. The molecule has 0 aliphatic carbocycles. The molecule has 184 valence electrons. The first-order chi connectivity index (χ1) is 17.4. The maximum absolute atomic E-state index is 13.1. The number of nitro benzene ring substituents is 1. The average molecular weight is 489 g/mol. The van der Waals surface area contributed by atoms with Gasteiger partial charge in [-0.05, 0) is 35.4 Å². The average Bonchev–Trinajstić information content (AvgIpc) is 3.37. The van der Waals surface area contributed by atoms with Gasteiger partial charge in [-0.1, -0.05) is 42.5 Å². The van der Waals surface area contributed by atoms with Gasteiger partial charge in [-0.25, -0.2) is 9.80 Å². The minimum Gasteiger partial charge on any atom is -0.497 e. The van der Waals surface area contributed by atoms with E-state index >= 15 is 0 Å². The van der Waals surface area contributed by atoms with Crippen molar-refractivity contribution in [2.24, 2.45) is 5.10 Å². The molecule has 10 heteroatoms. The van der Waals surface area contributed by atoms with Crippen LogP contribution in [0.1, 0.15) is 33.9 Å². The smallest absolute Gasteiger partial charge is 0.338 e. The highest BCUT2D eigenvalue weighted by Gasteiger charge is 2.33. The Kier molecular flexibility index (Phi) is 7.24. The largest absolute Gasteiger partial charge is 0.497 e. The van der Waals surface area contributed by atoms with E-state index in [1.807, 2.05) is 42.5 Å². The van der Waals surface area contributed by atoms with Gasteiger partial charge in [-0.3, -0.25) is 14.9 Å². The van der Waals surface area contributed by atoms with Gasteiger partial charge >= 0.3 is 11.7 Å². The second-order valence-electron chi connectivity index (χ2n) is 7.86. The summed E-state index contributed by atoms with van der Waals surface area (Å²) in [7, 11) is 2.86. The molecule has 1 aliphatic rings. The number of ether oxygens (including phenoxy) is 3. The summed E-state index contributed by atoms with van der Waals surface area (Å²) in [6.07, 6.45) is 0.473. The zero-order valence-corrected chi connectivity index (χ0v) is 19.6. The van der Waals surface area contributed by atoms with E-state index in [-0.39, 0.29) is 17.0 Å². The molecule has 1 unspecified atom stereocenters. The van der Waals surface area contributed by atoms with Crippen molar-refractivity contribution in [1.82, 2.24) is 5.01 Å². The van der Waals surface area contributed by atoms with E-state index in [0.717, 1.165) is 22.9 Å². The van der Waals surface area contributed by atoms with E-state index < -0.39 is 29.4 Å². The van der Waals surface area contributed by atoms with Gasteiger partial charge in [-0.2, -0.15) is 5.10 Å². The Morgan fingerprint density at radius 1 is 1.03 bits per heavy atom. The Hall–Kier alpha value is -4.73. The SMILES string of the molecule is COc1ccc(C2CC(c3ccccc3)=NN2C(=O)COC(=O)c2ccc(OC)c([N+](=O)[O-])c2)cc1. The highest BCUT2D eigenvalue weighted by Crippen LogP contribution is 2.34. The molecule has 10 nitrogen and oxygen atoms in total. The van der Waals surface area contributed by atoms with Crippen LogP contribution in [-0.2, 0) is 9.53 Å². The molecule has 1 atom stereocenters. The molecule has 0 saturated carbocycles. The minimum absolute atomic E-state index is 0.00908. The topological polar surface area (TPSA) is 121 Å². The minimum atomic E-state index is -0.874. The highest BCUT2D eigenvalue weighted by molar-refractivity contribution is 6.03. The quantitative estimate of drug-likeness (QED) is 0.265. The molecule has 1 aliphatic heterocycles. The van der Waals surface area contributed by atoms with E-state index in [0.29, 0.717) is 12.2 Å². The molecular weight excluding hydrogens is 466 g/mol. The fourth-order valence-corrected chi connectivity index (χ4v) is 3.87. The van der Waals surface area contributed by atoms with Gasteiger partial charge in [0.25, 0.3) is 5.91 Å². The van der Waals surface area contributed by atoms with Crippen LogP contribution in [-0.4, -0.2) is 48.3 Å². The van der Waals surface area contributed by atoms with Gasteiger partial charge < -0.3 is 14.2 Å². The molecule has 0 spiro atoms. The van der Waals surface area contributed by atoms with Crippen molar-refractivity contribution >= 4 is 23.3 Å². The molecule has 0 radical (unpaired) electrons. The molecule has 1 amide bonds. The normalized spacial score (nSPS) is 14.7. The first kappa shape index (κ1) is 24.4. The molecule has 0 saturated heterocycles. The number of esters is 1. The second-order valence-corrected chi connectivity index (χ2v) is 7.86. The third kappa shape index (κ3) is 5.17. The predicted molar refractivity (Wildman–Crippen MR) is 130 cm³/mol. The Bertz CT molecular complexity index is 1310. The van der Waals surface area contributed by atoms with Gasteiger partial charge in [0, 0.05) is 12.5 Å². The Balaban J connectivity index is 1.53. The van der Waals surface area contributed by atoms with Gasteiger partial charge in [0.05, 0.1) is 36.5 Å². The summed E-state index contributed by atoms with van der Waals surface area (Å²) in [5.41, 5.74) is 2.00. The van der Waals surface area contributed by atoms with Crippen molar-refractivity contribution in [3.05, 3.63) is 99.6 Å². The molecule has 0 fully saturated rings. The number of nitro groups is 1. The summed E-state index contributed by atoms with van der Waals surface area (Å²) in [6.45, 7) is -0.586. The standard InChI is InChI=1S/C26H23N3O7/c1-34-20-11-8-18(9-12-20)22-15-21(17-6-4-3-5-7-17)27-28(22)25(30)16-36-26(31)19-10-13-24(35-2)23(14-19)29(32)33/h3-14,22H,15-16H2,1-2H3. The van der Waals surface area contributed by atoms with Gasteiger partial charge in [0.1, 0.15) is 5.75 Å². The number of carbonyl (C=O) groups is 2. The van der Waals surface area contributed by atoms with Crippen LogP contribution in [0.4, 0.5) is 5.69 Å². The fraction of sp³-hybridized carbons (Fsp3) is 0.192. The third-order valence-corrected chi connectivity index (χ3v) is 5.71. The number of hydrogen-bond acceptors (Lipinski definition) is 8. The first-order valence-electron chi connectivity index (χ1n) is 11.0. The predicted octanol–water partition coefficient (Wildman–Crippen LogP) is 4.15. The lowest BCUT2D eigenvalue weighted by Gasteiger charge is -2.22. The number of nitrogens with zero attached hydrogens (tertiary/aromatic N) is 3.